The molecule has 0 spiro atoms. The lowest BCUT2D eigenvalue weighted by atomic mass is 9.95. The maximum Gasteiger partial charge on any atom is 0.275 e. The first kappa shape index (κ1) is 12.6. The Kier molecular flexibility index (Phi) is 3.65. The van der Waals surface area contributed by atoms with Crippen LogP contribution in [-0.4, -0.2) is 10.5 Å². The zero-order valence-electron chi connectivity index (χ0n) is 9.99. The van der Waals surface area contributed by atoms with Crippen LogP contribution in [0.3, 0.4) is 0 Å². The third-order valence-electron chi connectivity index (χ3n) is 2.54. The van der Waals surface area contributed by atoms with Gasteiger partial charge < -0.3 is 5.73 Å². The summed E-state index contributed by atoms with van der Waals surface area (Å²) < 4.78 is 0. The number of nitrogens with zero attached hydrogens (tertiary/aromatic N) is 1. The van der Waals surface area contributed by atoms with Crippen LogP contribution < -0.4 is 5.73 Å². The van der Waals surface area contributed by atoms with Gasteiger partial charge in [0.2, 0.25) is 0 Å². The molecule has 1 aromatic rings. The molecule has 0 bridgehead atoms. The molecule has 16 heavy (non-hydrogen) atoms. The zero-order valence-corrected chi connectivity index (χ0v) is 9.99. The Morgan fingerprint density at radius 2 is 2.06 bits per heavy atom. The fourth-order valence-electron chi connectivity index (χ4n) is 1.64. The van der Waals surface area contributed by atoms with E-state index in [2.05, 4.69) is 0 Å². The van der Waals surface area contributed by atoms with Crippen LogP contribution in [0.15, 0.2) is 18.2 Å². The number of nitro benzene ring substituents is 1. The molecule has 0 unspecified atom stereocenters. The second kappa shape index (κ2) is 4.61. The van der Waals surface area contributed by atoms with E-state index in [9.17, 15) is 10.1 Å². The van der Waals surface area contributed by atoms with E-state index >= 15 is 0 Å². The number of nitro groups is 1. The summed E-state index contributed by atoms with van der Waals surface area (Å²) in [7, 11) is 0. The van der Waals surface area contributed by atoms with Gasteiger partial charge in [-0.15, -0.1) is 0 Å². The zero-order chi connectivity index (χ0) is 12.3. The maximum absolute atomic E-state index is 10.9. The average Bonchev–Trinajstić information content (AvgIpc) is 2.12. The van der Waals surface area contributed by atoms with Crippen LogP contribution in [0.4, 0.5) is 5.69 Å². The molecule has 0 aliphatic carbocycles. The number of nitrogens with two attached hydrogens (primary N) is 1. The highest BCUT2D eigenvalue weighted by Crippen LogP contribution is 2.25. The van der Waals surface area contributed by atoms with E-state index in [1.807, 2.05) is 19.9 Å². The molecule has 0 saturated carbocycles. The SMILES string of the molecule is Cc1cccc(CCC(C)(C)N)c1[N+](=O)[O-]. The Morgan fingerprint density at radius 1 is 1.44 bits per heavy atom. The average molecular weight is 222 g/mol. The van der Waals surface area contributed by atoms with Crippen LogP contribution in [0, 0.1) is 17.0 Å². The van der Waals surface area contributed by atoms with Gasteiger partial charge in [-0.05, 0) is 33.6 Å². The van der Waals surface area contributed by atoms with Crippen LogP contribution in [-0.2, 0) is 6.42 Å². The molecule has 1 rings (SSSR count). The molecular weight excluding hydrogens is 204 g/mol. The first-order valence-electron chi connectivity index (χ1n) is 5.33. The van der Waals surface area contributed by atoms with E-state index in [4.69, 9.17) is 5.73 Å². The monoisotopic (exact) mass is 222 g/mol. The number of para-hydroxylation sites is 1. The third-order valence-corrected chi connectivity index (χ3v) is 2.54. The van der Waals surface area contributed by atoms with Gasteiger partial charge in [-0.2, -0.15) is 0 Å². The molecule has 0 aliphatic heterocycles. The highest BCUT2D eigenvalue weighted by molar-refractivity contribution is 5.47. The number of aryl methyl sites for hydroxylation is 2. The smallest absolute Gasteiger partial charge is 0.275 e. The second-order valence-electron chi connectivity index (χ2n) is 4.83. The van der Waals surface area contributed by atoms with Crippen LogP contribution in [0.25, 0.3) is 0 Å². The Hall–Kier alpha value is -1.42. The molecule has 0 atom stereocenters. The number of rotatable bonds is 4. The van der Waals surface area contributed by atoms with Crippen molar-refractivity contribution in [2.45, 2.75) is 39.2 Å². The van der Waals surface area contributed by atoms with Crippen LogP contribution in [0.1, 0.15) is 31.4 Å². The number of hydrogen-bond donors (Lipinski definition) is 1. The molecule has 0 heterocycles. The molecule has 0 fully saturated rings. The van der Waals surface area contributed by atoms with Crippen molar-refractivity contribution in [2.24, 2.45) is 5.73 Å². The van der Waals surface area contributed by atoms with Gasteiger partial charge in [0, 0.05) is 16.7 Å². The van der Waals surface area contributed by atoms with E-state index in [-0.39, 0.29) is 16.1 Å². The number of hydrogen-bond acceptors (Lipinski definition) is 3. The summed E-state index contributed by atoms with van der Waals surface area (Å²) in [6.45, 7) is 5.61. The van der Waals surface area contributed by atoms with Crippen molar-refractivity contribution >= 4 is 5.69 Å². The van der Waals surface area contributed by atoms with Crippen molar-refractivity contribution in [1.29, 1.82) is 0 Å². The van der Waals surface area contributed by atoms with Crippen molar-refractivity contribution in [3.63, 3.8) is 0 Å². The molecular formula is C12H18N2O2. The predicted octanol–water partition coefficient (Wildman–Crippen LogP) is 2.57. The van der Waals surface area contributed by atoms with E-state index in [1.54, 1.807) is 19.1 Å². The van der Waals surface area contributed by atoms with Crippen molar-refractivity contribution in [1.82, 2.24) is 0 Å². The minimum absolute atomic E-state index is 0.228. The quantitative estimate of drug-likeness (QED) is 0.628. The van der Waals surface area contributed by atoms with Gasteiger partial charge in [0.1, 0.15) is 0 Å². The Bertz CT molecular complexity index is 394. The molecule has 0 radical (unpaired) electrons. The van der Waals surface area contributed by atoms with Crippen molar-refractivity contribution in [3.05, 3.63) is 39.4 Å². The lowest BCUT2D eigenvalue weighted by Gasteiger charge is -2.18. The fraction of sp³-hybridized carbons (Fsp3) is 0.500. The van der Waals surface area contributed by atoms with E-state index in [0.29, 0.717) is 12.0 Å². The normalized spacial score (nSPS) is 11.5. The second-order valence-corrected chi connectivity index (χ2v) is 4.83. The molecule has 0 saturated heterocycles. The highest BCUT2D eigenvalue weighted by atomic mass is 16.6. The van der Waals surface area contributed by atoms with Crippen LogP contribution >= 0.6 is 0 Å². The predicted molar refractivity (Wildman–Crippen MR) is 64.4 cm³/mol. The van der Waals surface area contributed by atoms with Gasteiger partial charge >= 0.3 is 0 Å². The molecule has 2 N–H and O–H groups in total. The lowest BCUT2D eigenvalue weighted by Crippen LogP contribution is -2.32. The first-order chi connectivity index (χ1) is 7.31. The fourth-order valence-corrected chi connectivity index (χ4v) is 1.64. The number of benzene rings is 1. The van der Waals surface area contributed by atoms with Gasteiger partial charge in [0.15, 0.2) is 0 Å². The summed E-state index contributed by atoms with van der Waals surface area (Å²) in [6, 6.07) is 5.41. The van der Waals surface area contributed by atoms with Gasteiger partial charge in [0.05, 0.1) is 4.92 Å². The lowest BCUT2D eigenvalue weighted by molar-refractivity contribution is -0.386. The Morgan fingerprint density at radius 3 is 2.56 bits per heavy atom. The summed E-state index contributed by atoms with van der Waals surface area (Å²) in [4.78, 5) is 10.6. The van der Waals surface area contributed by atoms with Gasteiger partial charge in [0.25, 0.3) is 5.69 Å². The summed E-state index contributed by atoms with van der Waals surface area (Å²) in [5.41, 5.74) is 7.29. The summed E-state index contributed by atoms with van der Waals surface area (Å²) in [6.07, 6.45) is 1.37. The molecule has 4 nitrogen and oxygen atoms in total. The van der Waals surface area contributed by atoms with Crippen molar-refractivity contribution in [2.75, 3.05) is 0 Å². The largest absolute Gasteiger partial charge is 0.326 e. The van der Waals surface area contributed by atoms with Gasteiger partial charge in [-0.1, -0.05) is 18.2 Å². The summed E-state index contributed by atoms with van der Waals surface area (Å²) >= 11 is 0. The Labute approximate surface area is 95.6 Å². The molecule has 0 aliphatic rings. The molecule has 4 heteroatoms. The maximum atomic E-state index is 10.9. The summed E-state index contributed by atoms with van der Waals surface area (Å²) in [5, 5.41) is 10.9. The van der Waals surface area contributed by atoms with E-state index in [0.717, 1.165) is 12.0 Å². The summed E-state index contributed by atoms with van der Waals surface area (Å²) in [5.74, 6) is 0. The minimum Gasteiger partial charge on any atom is -0.326 e. The van der Waals surface area contributed by atoms with E-state index in [1.165, 1.54) is 0 Å². The van der Waals surface area contributed by atoms with Crippen LogP contribution in [0.2, 0.25) is 0 Å². The van der Waals surface area contributed by atoms with Gasteiger partial charge in [-0.3, -0.25) is 10.1 Å². The molecule has 0 amide bonds. The van der Waals surface area contributed by atoms with Crippen LogP contribution in [0.5, 0.6) is 0 Å². The topological polar surface area (TPSA) is 69.2 Å². The highest BCUT2D eigenvalue weighted by Gasteiger charge is 2.18. The van der Waals surface area contributed by atoms with Crippen molar-refractivity contribution < 1.29 is 4.92 Å². The first-order valence-corrected chi connectivity index (χ1v) is 5.33. The standard InChI is InChI=1S/C12H18N2O2/c1-9-5-4-6-10(11(9)14(15)16)7-8-12(2,3)13/h4-6H,7-8,13H2,1-3H3. The molecule has 0 aromatic heterocycles. The van der Waals surface area contributed by atoms with Gasteiger partial charge in [-0.25, -0.2) is 0 Å². The minimum atomic E-state index is -0.311. The molecule has 88 valence electrons. The molecule has 1 aromatic carbocycles. The third kappa shape index (κ3) is 3.31. The van der Waals surface area contributed by atoms with E-state index < -0.39 is 0 Å². The van der Waals surface area contributed by atoms with Crippen molar-refractivity contribution in [3.8, 4) is 0 Å². The Balaban J connectivity index is 2.96.